The molecule has 0 atom stereocenters. The number of hydrogen-bond acceptors (Lipinski definition) is 5. The molecule has 0 aliphatic rings. The van der Waals surface area contributed by atoms with E-state index in [-0.39, 0.29) is 22.3 Å². The lowest BCUT2D eigenvalue weighted by atomic mass is 10.1. The molecule has 0 radical (unpaired) electrons. The van der Waals surface area contributed by atoms with Crippen LogP contribution in [0.5, 0.6) is 0 Å². The fourth-order valence-corrected chi connectivity index (χ4v) is 3.39. The van der Waals surface area contributed by atoms with E-state index < -0.39 is 10.8 Å². The van der Waals surface area contributed by atoms with Gasteiger partial charge < -0.3 is 10.2 Å². The Labute approximate surface area is 149 Å². The highest BCUT2D eigenvalue weighted by Gasteiger charge is 2.20. The van der Waals surface area contributed by atoms with Gasteiger partial charge in [-0.05, 0) is 38.0 Å². The van der Waals surface area contributed by atoms with Crippen LogP contribution in [0.15, 0.2) is 24.3 Å². The van der Waals surface area contributed by atoms with Gasteiger partial charge in [0.15, 0.2) is 0 Å². The van der Waals surface area contributed by atoms with Gasteiger partial charge in [0.25, 0.3) is 5.91 Å². The fraction of sp³-hybridized carbons (Fsp3) is 0.294. The number of benzene rings is 1. The highest BCUT2D eigenvalue weighted by molar-refractivity contribution is 7.17. The van der Waals surface area contributed by atoms with Crippen molar-refractivity contribution in [3.05, 3.63) is 55.9 Å². The SMILES string of the molecule is Cc1cc(C)c(NC(=O)CN(C)C(=O)c2ccc([N+](=O)[O-])s2)c(C)c1. The van der Waals surface area contributed by atoms with Gasteiger partial charge in [0.05, 0.1) is 16.3 Å². The summed E-state index contributed by atoms with van der Waals surface area (Å²) in [5, 5.41) is 13.4. The number of aryl methyl sites for hydroxylation is 3. The zero-order valence-corrected chi connectivity index (χ0v) is 15.3. The largest absolute Gasteiger partial charge is 0.332 e. The molecule has 1 aromatic heterocycles. The smallest absolute Gasteiger partial charge is 0.324 e. The summed E-state index contributed by atoms with van der Waals surface area (Å²) >= 11 is 0.793. The van der Waals surface area contributed by atoms with Crippen molar-refractivity contribution in [1.82, 2.24) is 4.90 Å². The molecule has 2 rings (SSSR count). The molecule has 8 heteroatoms. The molecule has 0 spiro atoms. The summed E-state index contributed by atoms with van der Waals surface area (Å²) in [4.78, 5) is 36.2. The second-order valence-corrected chi connectivity index (χ2v) is 6.94. The fourth-order valence-electron chi connectivity index (χ4n) is 2.57. The number of likely N-dealkylation sites (N-methyl/N-ethyl adjacent to an activating group) is 1. The zero-order valence-electron chi connectivity index (χ0n) is 14.5. The Hall–Kier alpha value is -2.74. The van der Waals surface area contributed by atoms with E-state index in [0.29, 0.717) is 0 Å². The molecular weight excluding hydrogens is 342 g/mol. The lowest BCUT2D eigenvalue weighted by Gasteiger charge is -2.17. The minimum Gasteiger partial charge on any atom is -0.332 e. The van der Waals surface area contributed by atoms with E-state index in [2.05, 4.69) is 5.32 Å². The monoisotopic (exact) mass is 361 g/mol. The first-order valence-corrected chi connectivity index (χ1v) is 8.38. The van der Waals surface area contributed by atoms with Crippen molar-refractivity contribution in [2.24, 2.45) is 0 Å². The van der Waals surface area contributed by atoms with E-state index in [1.165, 1.54) is 24.1 Å². The molecule has 1 N–H and O–H groups in total. The Morgan fingerprint density at radius 3 is 2.32 bits per heavy atom. The summed E-state index contributed by atoms with van der Waals surface area (Å²) in [5.74, 6) is -0.748. The number of hydrogen-bond donors (Lipinski definition) is 1. The molecule has 2 amide bonds. The molecule has 0 saturated heterocycles. The Bertz CT molecular complexity index is 821. The Morgan fingerprint density at radius 2 is 1.80 bits per heavy atom. The van der Waals surface area contributed by atoms with Crippen molar-refractivity contribution in [1.29, 1.82) is 0 Å². The molecule has 2 aromatic rings. The molecule has 0 aliphatic carbocycles. The van der Waals surface area contributed by atoms with Crippen LogP contribution in [-0.2, 0) is 4.79 Å². The van der Waals surface area contributed by atoms with Crippen LogP contribution in [0, 0.1) is 30.9 Å². The highest BCUT2D eigenvalue weighted by atomic mass is 32.1. The normalized spacial score (nSPS) is 10.4. The maximum atomic E-state index is 12.3. The van der Waals surface area contributed by atoms with E-state index in [9.17, 15) is 19.7 Å². The van der Waals surface area contributed by atoms with Gasteiger partial charge in [0, 0.05) is 18.8 Å². The second-order valence-electron chi connectivity index (χ2n) is 5.88. The summed E-state index contributed by atoms with van der Waals surface area (Å²) in [7, 11) is 1.49. The summed E-state index contributed by atoms with van der Waals surface area (Å²) in [6, 6.07) is 6.63. The molecule has 0 unspecified atom stereocenters. The number of nitrogens with zero attached hydrogens (tertiary/aromatic N) is 2. The minimum absolute atomic E-state index is 0.105. The van der Waals surface area contributed by atoms with Crippen molar-refractivity contribution >= 4 is 33.8 Å². The molecule has 0 saturated carbocycles. The maximum absolute atomic E-state index is 12.3. The lowest BCUT2D eigenvalue weighted by molar-refractivity contribution is -0.380. The molecule has 1 aromatic carbocycles. The maximum Gasteiger partial charge on any atom is 0.324 e. The summed E-state index contributed by atoms with van der Waals surface area (Å²) in [6.07, 6.45) is 0. The van der Waals surface area contributed by atoms with E-state index in [1.54, 1.807) is 0 Å². The number of nitrogens with one attached hydrogen (secondary N) is 1. The van der Waals surface area contributed by atoms with Crippen LogP contribution < -0.4 is 5.32 Å². The van der Waals surface area contributed by atoms with Crippen molar-refractivity contribution in [2.45, 2.75) is 20.8 Å². The van der Waals surface area contributed by atoms with Crippen LogP contribution in [0.3, 0.4) is 0 Å². The van der Waals surface area contributed by atoms with Crippen molar-refractivity contribution in [3.63, 3.8) is 0 Å². The molecule has 0 fully saturated rings. The van der Waals surface area contributed by atoms with Crippen LogP contribution in [-0.4, -0.2) is 35.2 Å². The van der Waals surface area contributed by atoms with Gasteiger partial charge in [-0.15, -0.1) is 0 Å². The Balaban J connectivity index is 2.04. The summed E-state index contributed by atoms with van der Waals surface area (Å²) in [6.45, 7) is 5.67. The number of anilines is 1. The van der Waals surface area contributed by atoms with Gasteiger partial charge in [0.1, 0.15) is 0 Å². The number of amides is 2. The summed E-state index contributed by atoms with van der Waals surface area (Å²) < 4.78 is 0. The quantitative estimate of drug-likeness (QED) is 0.653. The first-order valence-electron chi connectivity index (χ1n) is 7.56. The van der Waals surface area contributed by atoms with Gasteiger partial charge in [-0.1, -0.05) is 29.0 Å². The van der Waals surface area contributed by atoms with E-state index in [4.69, 9.17) is 0 Å². The van der Waals surface area contributed by atoms with Gasteiger partial charge in [0.2, 0.25) is 5.91 Å². The van der Waals surface area contributed by atoms with Gasteiger partial charge in [-0.2, -0.15) is 0 Å². The predicted octanol–water partition coefficient (Wildman–Crippen LogP) is 3.29. The average molecular weight is 361 g/mol. The third-order valence-electron chi connectivity index (χ3n) is 3.65. The minimum atomic E-state index is -0.545. The van der Waals surface area contributed by atoms with Crippen molar-refractivity contribution in [2.75, 3.05) is 18.9 Å². The van der Waals surface area contributed by atoms with Gasteiger partial charge in [-0.25, -0.2) is 0 Å². The standard InChI is InChI=1S/C17H19N3O4S/c1-10-7-11(2)16(12(3)8-10)18-14(21)9-19(4)17(22)13-5-6-15(25-13)20(23)24/h5-8H,9H2,1-4H3,(H,18,21). The van der Waals surface area contributed by atoms with E-state index in [0.717, 1.165) is 33.7 Å². The van der Waals surface area contributed by atoms with E-state index in [1.807, 2.05) is 32.9 Å². The number of rotatable bonds is 5. The van der Waals surface area contributed by atoms with Crippen LogP contribution in [0.2, 0.25) is 0 Å². The third-order valence-corrected chi connectivity index (χ3v) is 4.68. The average Bonchev–Trinajstić information content (AvgIpc) is 3.00. The molecular formula is C17H19N3O4S. The van der Waals surface area contributed by atoms with Crippen molar-refractivity contribution in [3.8, 4) is 0 Å². The van der Waals surface area contributed by atoms with Crippen LogP contribution in [0.4, 0.5) is 10.7 Å². The Kier molecular flexibility index (Phi) is 5.53. The molecule has 0 aliphatic heterocycles. The lowest BCUT2D eigenvalue weighted by Crippen LogP contribution is -2.34. The highest BCUT2D eigenvalue weighted by Crippen LogP contribution is 2.25. The van der Waals surface area contributed by atoms with Crippen molar-refractivity contribution < 1.29 is 14.5 Å². The predicted molar refractivity (Wildman–Crippen MR) is 97.2 cm³/mol. The first kappa shape index (κ1) is 18.6. The Morgan fingerprint density at radius 1 is 1.20 bits per heavy atom. The third kappa shape index (κ3) is 4.42. The number of carbonyl (C=O) groups is 2. The van der Waals surface area contributed by atoms with Crippen LogP contribution in [0.25, 0.3) is 0 Å². The summed E-state index contributed by atoms with van der Waals surface area (Å²) in [5.41, 5.74) is 3.75. The van der Waals surface area contributed by atoms with Crippen LogP contribution >= 0.6 is 11.3 Å². The topological polar surface area (TPSA) is 92.6 Å². The van der Waals surface area contributed by atoms with Gasteiger partial charge in [-0.3, -0.25) is 19.7 Å². The second kappa shape index (κ2) is 7.43. The van der Waals surface area contributed by atoms with E-state index >= 15 is 0 Å². The zero-order chi connectivity index (χ0) is 18.7. The molecule has 7 nitrogen and oxygen atoms in total. The van der Waals surface area contributed by atoms with Crippen LogP contribution in [0.1, 0.15) is 26.4 Å². The molecule has 0 bridgehead atoms. The number of carbonyl (C=O) groups excluding carboxylic acids is 2. The molecule has 25 heavy (non-hydrogen) atoms. The van der Waals surface area contributed by atoms with Gasteiger partial charge >= 0.3 is 5.00 Å². The molecule has 132 valence electrons. The first-order chi connectivity index (χ1) is 11.7. The molecule has 1 heterocycles. The number of thiophene rings is 1. The number of nitro groups is 1.